The predicted molar refractivity (Wildman–Crippen MR) is 56.7 cm³/mol. The number of carbonyl (C=O) groups excluding carboxylic acids is 1. The number of phenolic OH excluding ortho intramolecular Hbond substituents is 1. The molecule has 0 aliphatic heterocycles. The Morgan fingerprint density at radius 2 is 2.07 bits per heavy atom. The fourth-order valence-corrected chi connectivity index (χ4v) is 1.21. The summed E-state index contributed by atoms with van der Waals surface area (Å²) >= 11 is 0. The minimum absolute atomic E-state index is 0.102. The monoisotopic (exact) mass is 209 g/mol. The van der Waals surface area contributed by atoms with Gasteiger partial charge in [-0.1, -0.05) is 6.07 Å². The van der Waals surface area contributed by atoms with Crippen molar-refractivity contribution in [1.29, 1.82) is 0 Å². The summed E-state index contributed by atoms with van der Waals surface area (Å²) in [7, 11) is 1.27. The number of aromatic hydroxyl groups is 1. The van der Waals surface area contributed by atoms with Crippen molar-refractivity contribution in [1.82, 2.24) is 0 Å². The second-order valence-electron chi connectivity index (χ2n) is 3.95. The summed E-state index contributed by atoms with van der Waals surface area (Å²) in [5, 5.41) is 9.46. The second kappa shape index (κ2) is 3.90. The smallest absolute Gasteiger partial charge is 0.341 e. The molecule has 0 radical (unpaired) electrons. The van der Waals surface area contributed by atoms with Crippen molar-refractivity contribution in [3.63, 3.8) is 0 Å². The van der Waals surface area contributed by atoms with Gasteiger partial charge >= 0.3 is 5.97 Å². The van der Waals surface area contributed by atoms with Gasteiger partial charge < -0.3 is 15.6 Å². The minimum atomic E-state index is -0.571. The van der Waals surface area contributed by atoms with E-state index in [4.69, 9.17) is 5.73 Å². The van der Waals surface area contributed by atoms with Gasteiger partial charge in [0.25, 0.3) is 0 Å². The average Bonchev–Trinajstić information content (AvgIpc) is 2.15. The van der Waals surface area contributed by atoms with Crippen molar-refractivity contribution < 1.29 is 14.6 Å². The molecular formula is C11H15NO3. The Kier molecular flexibility index (Phi) is 3.00. The number of hydrogen-bond donors (Lipinski definition) is 2. The summed E-state index contributed by atoms with van der Waals surface area (Å²) < 4.78 is 4.55. The Hall–Kier alpha value is -1.55. The van der Waals surface area contributed by atoms with Crippen LogP contribution in [0.4, 0.5) is 0 Å². The molecule has 1 aromatic carbocycles. The lowest BCUT2D eigenvalue weighted by atomic mass is 9.94. The Morgan fingerprint density at radius 3 is 2.53 bits per heavy atom. The predicted octanol–water partition coefficient (Wildman–Crippen LogP) is 1.37. The van der Waals surface area contributed by atoms with Gasteiger partial charge in [0.2, 0.25) is 0 Å². The molecule has 0 aliphatic carbocycles. The van der Waals surface area contributed by atoms with E-state index in [1.165, 1.54) is 13.2 Å². The van der Waals surface area contributed by atoms with Gasteiger partial charge in [-0.3, -0.25) is 0 Å². The third kappa shape index (κ3) is 2.47. The van der Waals surface area contributed by atoms with Crippen LogP contribution in [-0.4, -0.2) is 18.2 Å². The number of ether oxygens (including phenoxy) is 1. The van der Waals surface area contributed by atoms with Gasteiger partial charge in [-0.2, -0.15) is 0 Å². The van der Waals surface area contributed by atoms with Gasteiger partial charge in [-0.05, 0) is 31.5 Å². The molecule has 82 valence electrons. The van der Waals surface area contributed by atoms with Crippen molar-refractivity contribution in [3.05, 3.63) is 29.3 Å². The number of phenols is 1. The van der Waals surface area contributed by atoms with Gasteiger partial charge in [-0.15, -0.1) is 0 Å². The fraction of sp³-hybridized carbons (Fsp3) is 0.364. The van der Waals surface area contributed by atoms with Crippen LogP contribution < -0.4 is 5.73 Å². The number of rotatable bonds is 2. The molecule has 1 aromatic rings. The first-order valence-corrected chi connectivity index (χ1v) is 4.57. The molecule has 0 bridgehead atoms. The standard InChI is InChI=1S/C11H15NO3/c1-11(2,12)7-4-5-9(13)8(6-7)10(14)15-3/h4-6,13H,12H2,1-3H3. The zero-order valence-corrected chi connectivity index (χ0v) is 9.07. The molecular weight excluding hydrogens is 194 g/mol. The van der Waals surface area contributed by atoms with E-state index in [0.717, 1.165) is 5.56 Å². The SMILES string of the molecule is COC(=O)c1cc(C(C)(C)N)ccc1O. The molecule has 0 unspecified atom stereocenters. The first-order chi connectivity index (χ1) is 6.86. The number of methoxy groups -OCH3 is 1. The highest BCUT2D eigenvalue weighted by atomic mass is 16.5. The molecule has 0 saturated heterocycles. The zero-order chi connectivity index (χ0) is 11.6. The molecule has 4 nitrogen and oxygen atoms in total. The first-order valence-electron chi connectivity index (χ1n) is 4.57. The van der Waals surface area contributed by atoms with Crippen LogP contribution in [0.1, 0.15) is 29.8 Å². The molecule has 15 heavy (non-hydrogen) atoms. The highest BCUT2D eigenvalue weighted by Gasteiger charge is 2.18. The van der Waals surface area contributed by atoms with Crippen molar-refractivity contribution in [2.75, 3.05) is 7.11 Å². The Labute approximate surface area is 88.7 Å². The van der Waals surface area contributed by atoms with E-state index in [9.17, 15) is 9.90 Å². The van der Waals surface area contributed by atoms with E-state index in [0.29, 0.717) is 0 Å². The van der Waals surface area contributed by atoms with Crippen molar-refractivity contribution in [2.45, 2.75) is 19.4 Å². The maximum atomic E-state index is 11.3. The molecule has 0 fully saturated rings. The Balaban J connectivity index is 3.23. The molecule has 0 saturated carbocycles. The third-order valence-corrected chi connectivity index (χ3v) is 2.15. The van der Waals surface area contributed by atoms with Gasteiger partial charge in [0, 0.05) is 5.54 Å². The number of carbonyl (C=O) groups is 1. The molecule has 1 rings (SSSR count). The lowest BCUT2D eigenvalue weighted by Crippen LogP contribution is -2.28. The van der Waals surface area contributed by atoms with Crippen molar-refractivity contribution in [2.24, 2.45) is 5.73 Å². The topological polar surface area (TPSA) is 72.5 Å². The van der Waals surface area contributed by atoms with Gasteiger partial charge in [0.15, 0.2) is 0 Å². The van der Waals surface area contributed by atoms with Crippen LogP contribution in [-0.2, 0) is 10.3 Å². The van der Waals surface area contributed by atoms with E-state index in [2.05, 4.69) is 4.74 Å². The van der Waals surface area contributed by atoms with Crippen LogP contribution in [0.2, 0.25) is 0 Å². The number of hydrogen-bond acceptors (Lipinski definition) is 4. The van der Waals surface area contributed by atoms with Gasteiger partial charge in [-0.25, -0.2) is 4.79 Å². The summed E-state index contributed by atoms with van der Waals surface area (Å²) in [5.74, 6) is -0.673. The Morgan fingerprint density at radius 1 is 1.47 bits per heavy atom. The van der Waals surface area contributed by atoms with E-state index >= 15 is 0 Å². The van der Waals surface area contributed by atoms with Crippen molar-refractivity contribution in [3.8, 4) is 5.75 Å². The van der Waals surface area contributed by atoms with Gasteiger partial charge in [0.1, 0.15) is 11.3 Å². The summed E-state index contributed by atoms with van der Waals surface area (Å²) in [6.07, 6.45) is 0. The van der Waals surface area contributed by atoms with E-state index < -0.39 is 11.5 Å². The lowest BCUT2D eigenvalue weighted by Gasteiger charge is -2.19. The van der Waals surface area contributed by atoms with Crippen LogP contribution in [0.3, 0.4) is 0 Å². The largest absolute Gasteiger partial charge is 0.507 e. The molecule has 0 aromatic heterocycles. The van der Waals surface area contributed by atoms with Crippen LogP contribution in [0.15, 0.2) is 18.2 Å². The van der Waals surface area contributed by atoms with E-state index in [1.54, 1.807) is 12.1 Å². The lowest BCUT2D eigenvalue weighted by molar-refractivity contribution is 0.0597. The molecule has 3 N–H and O–H groups in total. The van der Waals surface area contributed by atoms with Crippen LogP contribution in [0, 0.1) is 0 Å². The number of nitrogens with two attached hydrogens (primary N) is 1. The summed E-state index contributed by atoms with van der Waals surface area (Å²) in [6.45, 7) is 3.64. The highest BCUT2D eigenvalue weighted by Crippen LogP contribution is 2.24. The van der Waals surface area contributed by atoms with E-state index in [-0.39, 0.29) is 11.3 Å². The first kappa shape index (κ1) is 11.5. The van der Waals surface area contributed by atoms with Crippen LogP contribution in [0.25, 0.3) is 0 Å². The molecule has 0 atom stereocenters. The second-order valence-corrected chi connectivity index (χ2v) is 3.95. The number of esters is 1. The third-order valence-electron chi connectivity index (χ3n) is 2.15. The zero-order valence-electron chi connectivity index (χ0n) is 9.07. The van der Waals surface area contributed by atoms with Gasteiger partial charge in [0.05, 0.1) is 7.11 Å². The summed E-state index contributed by atoms with van der Waals surface area (Å²) in [4.78, 5) is 11.3. The minimum Gasteiger partial charge on any atom is -0.507 e. The maximum Gasteiger partial charge on any atom is 0.341 e. The molecule has 4 heteroatoms. The normalized spacial score (nSPS) is 11.2. The molecule has 0 amide bonds. The summed E-state index contributed by atoms with van der Waals surface area (Å²) in [6, 6.07) is 4.67. The Bertz CT molecular complexity index is 380. The quantitative estimate of drug-likeness (QED) is 0.721. The van der Waals surface area contributed by atoms with E-state index in [1.807, 2.05) is 13.8 Å². The summed E-state index contributed by atoms with van der Waals surface area (Å²) in [5.41, 5.74) is 6.22. The average molecular weight is 209 g/mol. The maximum absolute atomic E-state index is 11.3. The van der Waals surface area contributed by atoms with Crippen molar-refractivity contribution >= 4 is 5.97 Å². The van der Waals surface area contributed by atoms with Crippen LogP contribution in [0.5, 0.6) is 5.75 Å². The van der Waals surface area contributed by atoms with Crippen LogP contribution >= 0.6 is 0 Å². The molecule has 0 heterocycles. The molecule has 0 spiro atoms. The fourth-order valence-electron chi connectivity index (χ4n) is 1.21. The highest BCUT2D eigenvalue weighted by molar-refractivity contribution is 5.92. The number of benzene rings is 1. The molecule has 0 aliphatic rings.